The standard InChI is InChI=1S/C17H25IN6O4/c1-16(2,3)27-14(25)9(22-15(26)28-17(4,5)6)7-24-13-10(11(18)23-24)12(19)20-8-21-13/h8-9H,7H2,1-6H3,(H,22,26)(H2,19,20,21)/t9-/m0/s1. The van der Waals surface area contributed by atoms with Gasteiger partial charge in [-0.25, -0.2) is 24.2 Å². The van der Waals surface area contributed by atoms with E-state index in [-0.39, 0.29) is 12.4 Å². The molecule has 0 fully saturated rings. The molecule has 154 valence electrons. The number of anilines is 1. The summed E-state index contributed by atoms with van der Waals surface area (Å²) in [5.74, 6) is -0.325. The molecule has 0 radical (unpaired) electrons. The number of nitrogens with zero attached hydrogens (tertiary/aromatic N) is 4. The van der Waals surface area contributed by atoms with Gasteiger partial charge in [0.25, 0.3) is 0 Å². The molecule has 0 saturated carbocycles. The fourth-order valence-corrected chi connectivity index (χ4v) is 3.07. The number of rotatable bonds is 4. The van der Waals surface area contributed by atoms with E-state index in [1.54, 1.807) is 41.5 Å². The fourth-order valence-electron chi connectivity index (χ4n) is 2.29. The van der Waals surface area contributed by atoms with E-state index in [4.69, 9.17) is 15.2 Å². The van der Waals surface area contributed by atoms with Crippen LogP contribution >= 0.6 is 22.6 Å². The molecule has 28 heavy (non-hydrogen) atoms. The molecule has 0 aliphatic carbocycles. The number of nitrogens with two attached hydrogens (primary N) is 1. The van der Waals surface area contributed by atoms with Crippen LogP contribution in [0, 0.1) is 3.70 Å². The monoisotopic (exact) mass is 504 g/mol. The quantitative estimate of drug-likeness (QED) is 0.479. The first-order chi connectivity index (χ1) is 12.8. The highest BCUT2D eigenvalue weighted by Gasteiger charge is 2.30. The molecule has 3 N–H and O–H groups in total. The average Bonchev–Trinajstić information content (AvgIpc) is 2.80. The molecule has 11 heteroatoms. The van der Waals surface area contributed by atoms with Gasteiger partial charge in [-0.05, 0) is 64.1 Å². The van der Waals surface area contributed by atoms with Crippen LogP contribution in [-0.4, -0.2) is 49.1 Å². The van der Waals surface area contributed by atoms with E-state index in [0.717, 1.165) is 0 Å². The molecule has 2 aromatic heterocycles. The van der Waals surface area contributed by atoms with E-state index in [0.29, 0.717) is 14.7 Å². The van der Waals surface area contributed by atoms with Crippen LogP contribution in [0.25, 0.3) is 11.0 Å². The molecule has 0 spiro atoms. The highest BCUT2D eigenvalue weighted by molar-refractivity contribution is 14.1. The van der Waals surface area contributed by atoms with Gasteiger partial charge in [-0.2, -0.15) is 5.10 Å². The lowest BCUT2D eigenvalue weighted by Gasteiger charge is -2.26. The third-order valence-electron chi connectivity index (χ3n) is 3.25. The van der Waals surface area contributed by atoms with Gasteiger partial charge in [0.05, 0.1) is 11.9 Å². The smallest absolute Gasteiger partial charge is 0.408 e. The van der Waals surface area contributed by atoms with Crippen molar-refractivity contribution < 1.29 is 19.1 Å². The Labute approximate surface area is 176 Å². The van der Waals surface area contributed by atoms with Crippen LogP contribution in [0.15, 0.2) is 6.33 Å². The van der Waals surface area contributed by atoms with Crippen molar-refractivity contribution in [2.75, 3.05) is 5.73 Å². The molecule has 0 aliphatic rings. The molecule has 10 nitrogen and oxygen atoms in total. The summed E-state index contributed by atoms with van der Waals surface area (Å²) in [6.45, 7) is 10.4. The van der Waals surface area contributed by atoms with E-state index in [9.17, 15) is 9.59 Å². The molecule has 0 saturated heterocycles. The summed E-state index contributed by atoms with van der Waals surface area (Å²) in [5, 5.41) is 7.52. The maximum Gasteiger partial charge on any atom is 0.408 e. The highest BCUT2D eigenvalue weighted by Crippen LogP contribution is 2.23. The molecule has 2 rings (SSSR count). The Hall–Kier alpha value is -2.18. The molecule has 0 aliphatic heterocycles. The Morgan fingerprint density at radius 2 is 1.79 bits per heavy atom. The Kier molecular flexibility index (Phi) is 6.36. The van der Waals surface area contributed by atoms with Crippen LogP contribution in [0.2, 0.25) is 0 Å². The topological polar surface area (TPSA) is 134 Å². The number of ether oxygens (including phenoxy) is 2. The van der Waals surface area contributed by atoms with Crippen LogP contribution in [0.5, 0.6) is 0 Å². The predicted octanol–water partition coefficient (Wildman–Crippen LogP) is 2.25. The molecule has 0 aromatic carbocycles. The molecule has 0 bridgehead atoms. The van der Waals surface area contributed by atoms with Gasteiger partial charge in [0, 0.05) is 0 Å². The summed E-state index contributed by atoms with van der Waals surface area (Å²) in [4.78, 5) is 33.1. The number of alkyl carbamates (subject to hydrolysis) is 1. The molecule has 1 atom stereocenters. The average molecular weight is 504 g/mol. The van der Waals surface area contributed by atoms with E-state index in [1.165, 1.54) is 11.0 Å². The van der Waals surface area contributed by atoms with Crippen molar-refractivity contribution in [1.29, 1.82) is 0 Å². The van der Waals surface area contributed by atoms with E-state index in [2.05, 4.69) is 20.4 Å². The zero-order valence-electron chi connectivity index (χ0n) is 16.7. The van der Waals surface area contributed by atoms with Crippen molar-refractivity contribution in [3.8, 4) is 0 Å². The summed E-state index contributed by atoms with van der Waals surface area (Å²) >= 11 is 2.01. The fraction of sp³-hybridized carbons (Fsp3) is 0.588. The van der Waals surface area contributed by atoms with Crippen LogP contribution in [0.1, 0.15) is 41.5 Å². The largest absolute Gasteiger partial charge is 0.458 e. The number of amides is 1. The molecule has 1 amide bonds. The molecule has 2 aromatic rings. The second kappa shape index (κ2) is 8.05. The SMILES string of the molecule is CC(C)(C)OC(=O)N[C@@H](Cn1nc(I)c2c(N)ncnc21)C(=O)OC(C)(C)C. The van der Waals surface area contributed by atoms with Crippen molar-refractivity contribution in [2.24, 2.45) is 0 Å². The van der Waals surface area contributed by atoms with Crippen molar-refractivity contribution in [3.63, 3.8) is 0 Å². The Morgan fingerprint density at radius 3 is 2.36 bits per heavy atom. The normalized spacial score (nSPS) is 13.2. The van der Waals surface area contributed by atoms with Gasteiger partial charge in [0.1, 0.15) is 33.1 Å². The van der Waals surface area contributed by atoms with Crippen molar-refractivity contribution in [3.05, 3.63) is 10.0 Å². The number of esters is 1. The Morgan fingerprint density at radius 1 is 1.18 bits per heavy atom. The number of halogens is 1. The van der Waals surface area contributed by atoms with Gasteiger partial charge < -0.3 is 20.5 Å². The van der Waals surface area contributed by atoms with Crippen molar-refractivity contribution >= 4 is 51.5 Å². The second-order valence-corrected chi connectivity index (χ2v) is 9.18. The van der Waals surface area contributed by atoms with Gasteiger partial charge >= 0.3 is 12.1 Å². The summed E-state index contributed by atoms with van der Waals surface area (Å²) in [7, 11) is 0. The molecule has 2 heterocycles. The molecule has 0 unspecified atom stereocenters. The van der Waals surface area contributed by atoms with Gasteiger partial charge in [-0.3, -0.25) is 0 Å². The van der Waals surface area contributed by atoms with Crippen LogP contribution < -0.4 is 11.1 Å². The van der Waals surface area contributed by atoms with Gasteiger partial charge in [0.2, 0.25) is 0 Å². The molecular formula is C17H25IN6O4. The van der Waals surface area contributed by atoms with E-state index < -0.39 is 29.3 Å². The Bertz CT molecular complexity index is 884. The number of hydrogen-bond acceptors (Lipinski definition) is 8. The zero-order chi connectivity index (χ0) is 21.3. The summed E-state index contributed by atoms with van der Waals surface area (Å²) in [5.41, 5.74) is 4.92. The van der Waals surface area contributed by atoms with Crippen LogP contribution in [0.3, 0.4) is 0 Å². The van der Waals surface area contributed by atoms with Crippen molar-refractivity contribution in [1.82, 2.24) is 25.1 Å². The lowest BCUT2D eigenvalue weighted by atomic mass is 10.2. The minimum atomic E-state index is -1.04. The van der Waals surface area contributed by atoms with Gasteiger partial charge in [-0.15, -0.1) is 0 Å². The number of carbonyl (C=O) groups is 2. The predicted molar refractivity (Wildman–Crippen MR) is 111 cm³/mol. The number of aromatic nitrogens is 4. The van der Waals surface area contributed by atoms with Crippen LogP contribution in [0.4, 0.5) is 10.6 Å². The number of nitrogen functional groups attached to an aromatic ring is 1. The minimum absolute atomic E-state index is 0.00981. The first kappa shape index (κ1) is 22.1. The first-order valence-electron chi connectivity index (χ1n) is 8.62. The minimum Gasteiger partial charge on any atom is -0.458 e. The van der Waals surface area contributed by atoms with Crippen molar-refractivity contribution in [2.45, 2.75) is 65.3 Å². The lowest BCUT2D eigenvalue weighted by molar-refractivity contribution is -0.157. The second-order valence-electron chi connectivity index (χ2n) is 8.16. The third-order valence-corrected chi connectivity index (χ3v) is 4.01. The van der Waals surface area contributed by atoms with E-state index >= 15 is 0 Å². The summed E-state index contributed by atoms with van der Waals surface area (Å²) in [6.07, 6.45) is 0.582. The highest BCUT2D eigenvalue weighted by atomic mass is 127. The number of carbonyl (C=O) groups excluding carboxylic acids is 2. The van der Waals surface area contributed by atoms with E-state index in [1.807, 2.05) is 22.6 Å². The number of nitrogens with one attached hydrogen (secondary N) is 1. The first-order valence-corrected chi connectivity index (χ1v) is 9.69. The number of hydrogen-bond donors (Lipinski definition) is 2. The van der Waals surface area contributed by atoms with Gasteiger partial charge in [-0.1, -0.05) is 0 Å². The lowest BCUT2D eigenvalue weighted by Crippen LogP contribution is -2.48. The summed E-state index contributed by atoms with van der Waals surface area (Å²) in [6, 6.07) is -1.04. The number of fused-ring (bicyclic) bond motifs is 1. The zero-order valence-corrected chi connectivity index (χ0v) is 18.9. The maximum atomic E-state index is 12.7. The third kappa shape index (κ3) is 5.91. The Balaban J connectivity index is 2.33. The molecular weight excluding hydrogens is 479 g/mol. The van der Waals surface area contributed by atoms with Gasteiger partial charge in [0.15, 0.2) is 5.65 Å². The summed E-state index contributed by atoms with van der Waals surface area (Å²) < 4.78 is 12.8. The maximum absolute atomic E-state index is 12.7. The van der Waals surface area contributed by atoms with Crippen LogP contribution in [-0.2, 0) is 20.8 Å².